The number of hydrogen-bond acceptors (Lipinski definition) is 2. The first-order chi connectivity index (χ1) is 9.06. The van der Waals surface area contributed by atoms with Gasteiger partial charge in [-0.15, -0.1) is 0 Å². The summed E-state index contributed by atoms with van der Waals surface area (Å²) in [4.78, 5) is 14.4. The Labute approximate surface area is 127 Å². The number of likely N-dealkylation sites (tertiary alicyclic amines) is 1. The molecule has 1 aliphatic rings. The van der Waals surface area contributed by atoms with Crippen LogP contribution in [-0.2, 0) is 4.79 Å². The Hall–Kier alpha value is -0.740. The molecule has 0 N–H and O–H groups in total. The van der Waals surface area contributed by atoms with Crippen molar-refractivity contribution >= 4 is 33.4 Å². The predicted octanol–water partition coefficient (Wildman–Crippen LogP) is 3.35. The normalized spacial score (nSPS) is 23.2. The lowest BCUT2D eigenvalue weighted by Gasteiger charge is -2.34. The second-order valence-electron chi connectivity index (χ2n) is 4.87. The molecular weight excluding hydrogens is 330 g/mol. The minimum atomic E-state index is 0.0335. The molecular formula is C14H17BrClNO2. The fourth-order valence-corrected chi connectivity index (χ4v) is 2.69. The largest absolute Gasteiger partial charge is 0.484 e. The van der Waals surface area contributed by atoms with Gasteiger partial charge >= 0.3 is 0 Å². The van der Waals surface area contributed by atoms with Crippen molar-refractivity contribution in [3.63, 3.8) is 0 Å². The molecule has 1 heterocycles. The van der Waals surface area contributed by atoms with E-state index in [9.17, 15) is 4.79 Å². The number of rotatable bonds is 3. The SMILES string of the molecule is CC1CN(C(=O)COc2cccc(Cl)c2)CCC1Br. The van der Waals surface area contributed by atoms with Crippen molar-refractivity contribution in [3.05, 3.63) is 29.3 Å². The van der Waals surface area contributed by atoms with Gasteiger partial charge in [0.15, 0.2) is 6.61 Å². The maximum Gasteiger partial charge on any atom is 0.260 e. The average Bonchev–Trinajstić information content (AvgIpc) is 2.39. The highest BCUT2D eigenvalue weighted by molar-refractivity contribution is 9.09. The summed E-state index contributed by atoms with van der Waals surface area (Å²) in [6.07, 6.45) is 0.990. The highest BCUT2D eigenvalue weighted by atomic mass is 79.9. The molecule has 0 aliphatic carbocycles. The smallest absolute Gasteiger partial charge is 0.260 e. The predicted molar refractivity (Wildman–Crippen MR) is 80.0 cm³/mol. The zero-order valence-corrected chi connectivity index (χ0v) is 13.2. The molecule has 104 valence electrons. The fraction of sp³-hybridized carbons (Fsp3) is 0.500. The molecule has 0 spiro atoms. The number of benzene rings is 1. The molecule has 1 fully saturated rings. The first-order valence-corrected chi connectivity index (χ1v) is 7.66. The summed E-state index contributed by atoms with van der Waals surface area (Å²) >= 11 is 9.49. The van der Waals surface area contributed by atoms with Crippen molar-refractivity contribution < 1.29 is 9.53 Å². The first-order valence-electron chi connectivity index (χ1n) is 6.36. The van der Waals surface area contributed by atoms with Crippen LogP contribution >= 0.6 is 27.5 Å². The summed E-state index contributed by atoms with van der Waals surface area (Å²) in [6.45, 7) is 3.79. The van der Waals surface area contributed by atoms with Gasteiger partial charge in [0.1, 0.15) is 5.75 Å². The summed E-state index contributed by atoms with van der Waals surface area (Å²) in [7, 11) is 0. The third-order valence-corrected chi connectivity index (χ3v) is 4.91. The van der Waals surface area contributed by atoms with E-state index in [1.165, 1.54) is 0 Å². The Morgan fingerprint density at radius 2 is 2.37 bits per heavy atom. The van der Waals surface area contributed by atoms with Crippen LogP contribution in [0.25, 0.3) is 0 Å². The highest BCUT2D eigenvalue weighted by Crippen LogP contribution is 2.23. The van der Waals surface area contributed by atoms with Gasteiger partial charge in [0, 0.05) is 22.9 Å². The molecule has 0 aromatic heterocycles. The molecule has 1 amide bonds. The van der Waals surface area contributed by atoms with Crippen LogP contribution in [0.5, 0.6) is 5.75 Å². The number of ether oxygens (including phenoxy) is 1. The van der Waals surface area contributed by atoms with Crippen LogP contribution in [0.4, 0.5) is 0 Å². The van der Waals surface area contributed by atoms with E-state index in [4.69, 9.17) is 16.3 Å². The second kappa shape index (κ2) is 6.62. The van der Waals surface area contributed by atoms with Gasteiger partial charge in [0.2, 0.25) is 0 Å². The van der Waals surface area contributed by atoms with Gasteiger partial charge in [-0.3, -0.25) is 4.79 Å². The maximum atomic E-state index is 12.1. The van der Waals surface area contributed by atoms with Gasteiger partial charge in [-0.1, -0.05) is 40.5 Å². The number of nitrogens with zero attached hydrogens (tertiary/aromatic N) is 1. The number of alkyl halides is 1. The maximum absolute atomic E-state index is 12.1. The van der Waals surface area contributed by atoms with E-state index in [0.717, 1.165) is 19.5 Å². The third kappa shape index (κ3) is 4.11. The molecule has 1 saturated heterocycles. The third-order valence-electron chi connectivity index (χ3n) is 3.31. The fourth-order valence-electron chi connectivity index (χ4n) is 2.14. The van der Waals surface area contributed by atoms with E-state index in [-0.39, 0.29) is 12.5 Å². The van der Waals surface area contributed by atoms with E-state index in [0.29, 0.717) is 21.5 Å². The van der Waals surface area contributed by atoms with Gasteiger partial charge in [-0.05, 0) is 30.5 Å². The van der Waals surface area contributed by atoms with Crippen LogP contribution in [0.2, 0.25) is 5.02 Å². The van der Waals surface area contributed by atoms with Crippen molar-refractivity contribution in [2.75, 3.05) is 19.7 Å². The van der Waals surface area contributed by atoms with Crippen LogP contribution < -0.4 is 4.74 Å². The van der Waals surface area contributed by atoms with Gasteiger partial charge in [-0.25, -0.2) is 0 Å². The first kappa shape index (κ1) is 14.7. The molecule has 2 rings (SSSR count). The van der Waals surface area contributed by atoms with Crippen molar-refractivity contribution in [3.8, 4) is 5.75 Å². The van der Waals surface area contributed by atoms with Crippen LogP contribution in [0.1, 0.15) is 13.3 Å². The lowest BCUT2D eigenvalue weighted by Crippen LogP contribution is -2.45. The molecule has 19 heavy (non-hydrogen) atoms. The van der Waals surface area contributed by atoms with Crippen LogP contribution in [0.3, 0.4) is 0 Å². The zero-order chi connectivity index (χ0) is 13.8. The molecule has 3 nitrogen and oxygen atoms in total. The van der Waals surface area contributed by atoms with Crippen molar-refractivity contribution in [1.29, 1.82) is 0 Å². The number of hydrogen-bond donors (Lipinski definition) is 0. The lowest BCUT2D eigenvalue weighted by molar-refractivity contribution is -0.134. The van der Waals surface area contributed by atoms with Crippen molar-refractivity contribution in [2.45, 2.75) is 18.2 Å². The summed E-state index contributed by atoms with van der Waals surface area (Å²) in [5.41, 5.74) is 0. The summed E-state index contributed by atoms with van der Waals surface area (Å²) < 4.78 is 5.48. The lowest BCUT2D eigenvalue weighted by atomic mass is 10.0. The van der Waals surface area contributed by atoms with E-state index in [2.05, 4.69) is 22.9 Å². The molecule has 1 aromatic carbocycles. The van der Waals surface area contributed by atoms with Crippen LogP contribution in [-0.4, -0.2) is 35.3 Å². The molecule has 1 aliphatic heterocycles. The molecule has 5 heteroatoms. The Morgan fingerprint density at radius 1 is 1.58 bits per heavy atom. The van der Waals surface area contributed by atoms with Gasteiger partial charge in [0.05, 0.1) is 0 Å². The molecule has 0 radical (unpaired) electrons. The summed E-state index contributed by atoms with van der Waals surface area (Å²) in [6, 6.07) is 7.09. The zero-order valence-electron chi connectivity index (χ0n) is 10.8. The van der Waals surface area contributed by atoms with Crippen molar-refractivity contribution in [1.82, 2.24) is 4.90 Å². The molecule has 0 bridgehead atoms. The minimum Gasteiger partial charge on any atom is -0.484 e. The van der Waals surface area contributed by atoms with E-state index in [1.807, 2.05) is 4.90 Å². The molecule has 0 saturated carbocycles. The Morgan fingerprint density at radius 3 is 3.05 bits per heavy atom. The minimum absolute atomic E-state index is 0.0335. The van der Waals surface area contributed by atoms with E-state index >= 15 is 0 Å². The van der Waals surface area contributed by atoms with E-state index in [1.54, 1.807) is 24.3 Å². The molecule has 2 unspecified atom stereocenters. The number of halogens is 2. The molecule has 2 atom stereocenters. The van der Waals surface area contributed by atoms with Gasteiger partial charge < -0.3 is 9.64 Å². The van der Waals surface area contributed by atoms with Gasteiger partial charge in [0.25, 0.3) is 5.91 Å². The Bertz CT molecular complexity index is 455. The van der Waals surface area contributed by atoms with Crippen LogP contribution in [0, 0.1) is 5.92 Å². The van der Waals surface area contributed by atoms with Crippen molar-refractivity contribution in [2.24, 2.45) is 5.92 Å². The standard InChI is InChI=1S/C14H17BrClNO2/c1-10-8-17(6-5-13(10)15)14(18)9-19-12-4-2-3-11(16)7-12/h2-4,7,10,13H,5-6,8-9H2,1H3. The number of carbonyl (C=O) groups excluding carboxylic acids is 1. The number of amides is 1. The Kier molecular flexibility index (Phi) is 5.11. The Balaban J connectivity index is 1.84. The second-order valence-corrected chi connectivity index (χ2v) is 6.48. The van der Waals surface area contributed by atoms with Gasteiger partial charge in [-0.2, -0.15) is 0 Å². The van der Waals surface area contributed by atoms with Crippen LogP contribution in [0.15, 0.2) is 24.3 Å². The summed E-state index contributed by atoms with van der Waals surface area (Å²) in [5, 5.41) is 0.610. The molecule has 1 aromatic rings. The summed E-state index contributed by atoms with van der Waals surface area (Å²) in [5.74, 6) is 1.14. The topological polar surface area (TPSA) is 29.5 Å². The highest BCUT2D eigenvalue weighted by Gasteiger charge is 2.26. The number of carbonyl (C=O) groups is 1. The average molecular weight is 347 g/mol. The monoisotopic (exact) mass is 345 g/mol. The number of piperidine rings is 1. The van der Waals surface area contributed by atoms with E-state index < -0.39 is 0 Å². The quantitative estimate of drug-likeness (QED) is 0.786.